The fourth-order valence-electron chi connectivity index (χ4n) is 3.03. The van der Waals surface area contributed by atoms with Gasteiger partial charge in [-0.25, -0.2) is 4.39 Å². The van der Waals surface area contributed by atoms with Crippen LogP contribution in [0.15, 0.2) is 42.5 Å². The Labute approximate surface area is 118 Å². The number of hydrogen-bond donors (Lipinski definition) is 1. The number of phenolic OH excluding ortho intramolecular Hbond substituents is 1. The third-order valence-corrected chi connectivity index (χ3v) is 4.11. The van der Waals surface area contributed by atoms with Gasteiger partial charge in [0.05, 0.1) is 6.04 Å². The summed E-state index contributed by atoms with van der Waals surface area (Å²) in [6, 6.07) is 12.5. The molecule has 0 fully saturated rings. The highest BCUT2D eigenvalue weighted by atomic mass is 19.1. The summed E-state index contributed by atoms with van der Waals surface area (Å²) >= 11 is 0. The van der Waals surface area contributed by atoms with E-state index >= 15 is 0 Å². The first-order valence-electron chi connectivity index (χ1n) is 6.95. The standard InChI is InChI=1S/C17H18FNO/c1-19(14-7-5-13(18)6-8-14)17-4-2-3-12-11-15(20)9-10-16(12)17/h5-11,17,20H,2-4H2,1H3. The molecule has 0 heterocycles. The second-order valence-electron chi connectivity index (χ2n) is 5.38. The van der Waals surface area contributed by atoms with Crippen molar-refractivity contribution < 1.29 is 9.50 Å². The molecule has 0 radical (unpaired) electrons. The van der Waals surface area contributed by atoms with Gasteiger partial charge in [-0.3, -0.25) is 0 Å². The zero-order chi connectivity index (χ0) is 14.1. The lowest BCUT2D eigenvalue weighted by Gasteiger charge is -2.35. The molecule has 0 amide bonds. The number of hydrogen-bond acceptors (Lipinski definition) is 2. The van der Waals surface area contributed by atoms with Gasteiger partial charge in [-0.05, 0) is 66.8 Å². The Morgan fingerprint density at radius 2 is 1.90 bits per heavy atom. The fraction of sp³-hybridized carbons (Fsp3) is 0.294. The molecule has 104 valence electrons. The van der Waals surface area contributed by atoms with Crippen LogP contribution in [0.25, 0.3) is 0 Å². The molecule has 2 aromatic rings. The molecular weight excluding hydrogens is 253 g/mol. The van der Waals surface area contributed by atoms with Crippen LogP contribution in [0.3, 0.4) is 0 Å². The molecule has 2 nitrogen and oxygen atoms in total. The molecule has 0 saturated heterocycles. The SMILES string of the molecule is CN(c1ccc(F)cc1)C1CCCc2cc(O)ccc21. The second kappa shape index (κ2) is 5.16. The van der Waals surface area contributed by atoms with Crippen molar-refractivity contribution in [2.24, 2.45) is 0 Å². The number of aromatic hydroxyl groups is 1. The van der Waals surface area contributed by atoms with E-state index in [-0.39, 0.29) is 11.9 Å². The van der Waals surface area contributed by atoms with Crippen molar-refractivity contribution in [1.82, 2.24) is 0 Å². The van der Waals surface area contributed by atoms with Gasteiger partial charge in [0.25, 0.3) is 0 Å². The summed E-state index contributed by atoms with van der Waals surface area (Å²) in [6.45, 7) is 0. The highest BCUT2D eigenvalue weighted by molar-refractivity contribution is 5.50. The van der Waals surface area contributed by atoms with E-state index in [9.17, 15) is 9.50 Å². The fourth-order valence-corrected chi connectivity index (χ4v) is 3.03. The number of anilines is 1. The summed E-state index contributed by atoms with van der Waals surface area (Å²) in [4.78, 5) is 2.19. The van der Waals surface area contributed by atoms with E-state index in [1.807, 2.05) is 31.3 Å². The van der Waals surface area contributed by atoms with Crippen LogP contribution in [0, 0.1) is 5.82 Å². The smallest absolute Gasteiger partial charge is 0.123 e. The van der Waals surface area contributed by atoms with E-state index in [0.29, 0.717) is 5.75 Å². The monoisotopic (exact) mass is 271 g/mol. The summed E-state index contributed by atoms with van der Waals surface area (Å²) in [5.41, 5.74) is 3.49. The van der Waals surface area contributed by atoms with E-state index in [1.54, 1.807) is 6.07 Å². The maximum absolute atomic E-state index is 13.0. The van der Waals surface area contributed by atoms with Crippen LogP contribution in [0.5, 0.6) is 5.75 Å². The van der Waals surface area contributed by atoms with Gasteiger partial charge in [0.1, 0.15) is 11.6 Å². The third kappa shape index (κ3) is 2.36. The van der Waals surface area contributed by atoms with Gasteiger partial charge < -0.3 is 10.0 Å². The van der Waals surface area contributed by atoms with Gasteiger partial charge in [-0.2, -0.15) is 0 Å². The molecule has 0 aromatic heterocycles. The van der Waals surface area contributed by atoms with Crippen LogP contribution < -0.4 is 4.90 Å². The molecule has 1 N–H and O–H groups in total. The van der Waals surface area contributed by atoms with Crippen molar-refractivity contribution in [1.29, 1.82) is 0 Å². The van der Waals surface area contributed by atoms with E-state index in [2.05, 4.69) is 4.90 Å². The maximum atomic E-state index is 13.0. The molecule has 1 unspecified atom stereocenters. The lowest BCUT2D eigenvalue weighted by Crippen LogP contribution is -2.27. The first-order chi connectivity index (χ1) is 9.65. The van der Waals surface area contributed by atoms with Gasteiger partial charge in [-0.15, -0.1) is 0 Å². The molecule has 2 aromatic carbocycles. The number of benzene rings is 2. The van der Waals surface area contributed by atoms with Crippen LogP contribution in [-0.2, 0) is 6.42 Å². The Kier molecular flexibility index (Phi) is 3.35. The highest BCUT2D eigenvalue weighted by Crippen LogP contribution is 2.37. The molecule has 0 bridgehead atoms. The number of fused-ring (bicyclic) bond motifs is 1. The summed E-state index contributed by atoms with van der Waals surface area (Å²) in [6.07, 6.45) is 3.19. The first-order valence-corrected chi connectivity index (χ1v) is 6.95. The van der Waals surface area contributed by atoms with Gasteiger partial charge in [0.2, 0.25) is 0 Å². The lowest BCUT2D eigenvalue weighted by molar-refractivity contribution is 0.470. The Balaban J connectivity index is 1.93. The van der Waals surface area contributed by atoms with Gasteiger partial charge >= 0.3 is 0 Å². The van der Waals surface area contributed by atoms with Crippen molar-refractivity contribution in [3.05, 3.63) is 59.4 Å². The van der Waals surface area contributed by atoms with E-state index in [1.165, 1.54) is 23.3 Å². The molecule has 3 heteroatoms. The minimum Gasteiger partial charge on any atom is -0.508 e. The molecule has 1 atom stereocenters. The van der Waals surface area contributed by atoms with Crippen LogP contribution in [0.1, 0.15) is 30.0 Å². The Bertz CT molecular complexity index is 609. The minimum atomic E-state index is -0.212. The molecule has 0 saturated carbocycles. The summed E-state index contributed by atoms with van der Waals surface area (Å²) in [7, 11) is 2.04. The molecule has 1 aliphatic rings. The number of rotatable bonds is 2. The average Bonchev–Trinajstić information content (AvgIpc) is 2.46. The zero-order valence-electron chi connectivity index (χ0n) is 11.5. The summed E-state index contributed by atoms with van der Waals surface area (Å²) < 4.78 is 13.0. The third-order valence-electron chi connectivity index (χ3n) is 4.11. The molecular formula is C17H18FNO. The Morgan fingerprint density at radius 3 is 2.65 bits per heavy atom. The molecule has 0 aliphatic heterocycles. The van der Waals surface area contributed by atoms with Crippen molar-refractivity contribution in [3.63, 3.8) is 0 Å². The molecule has 1 aliphatic carbocycles. The van der Waals surface area contributed by atoms with Crippen LogP contribution in [0.2, 0.25) is 0 Å². The van der Waals surface area contributed by atoms with Gasteiger partial charge in [0.15, 0.2) is 0 Å². The average molecular weight is 271 g/mol. The predicted molar refractivity (Wildman–Crippen MR) is 78.6 cm³/mol. The first kappa shape index (κ1) is 13.0. The Hall–Kier alpha value is -2.03. The van der Waals surface area contributed by atoms with E-state index in [4.69, 9.17) is 0 Å². The predicted octanol–water partition coefficient (Wildman–Crippen LogP) is 4.05. The van der Waals surface area contributed by atoms with Crippen molar-refractivity contribution >= 4 is 5.69 Å². The number of nitrogens with zero attached hydrogens (tertiary/aromatic N) is 1. The zero-order valence-corrected chi connectivity index (χ0v) is 11.5. The highest BCUT2D eigenvalue weighted by Gasteiger charge is 2.24. The van der Waals surface area contributed by atoms with Gasteiger partial charge in [0, 0.05) is 12.7 Å². The Morgan fingerprint density at radius 1 is 1.15 bits per heavy atom. The number of halogens is 1. The minimum absolute atomic E-state index is 0.212. The van der Waals surface area contributed by atoms with Gasteiger partial charge in [-0.1, -0.05) is 6.07 Å². The van der Waals surface area contributed by atoms with Crippen LogP contribution in [0.4, 0.5) is 10.1 Å². The van der Waals surface area contributed by atoms with Crippen molar-refractivity contribution in [3.8, 4) is 5.75 Å². The van der Waals surface area contributed by atoms with Crippen LogP contribution >= 0.6 is 0 Å². The normalized spacial score (nSPS) is 17.6. The quantitative estimate of drug-likeness (QED) is 0.891. The molecule has 20 heavy (non-hydrogen) atoms. The summed E-state index contributed by atoms with van der Waals surface area (Å²) in [5.74, 6) is 0.116. The van der Waals surface area contributed by atoms with E-state index in [0.717, 1.165) is 24.9 Å². The van der Waals surface area contributed by atoms with Crippen molar-refractivity contribution in [2.75, 3.05) is 11.9 Å². The number of phenols is 1. The molecule has 3 rings (SSSR count). The maximum Gasteiger partial charge on any atom is 0.123 e. The second-order valence-corrected chi connectivity index (χ2v) is 5.38. The number of aryl methyl sites for hydroxylation is 1. The topological polar surface area (TPSA) is 23.5 Å². The molecule has 0 spiro atoms. The lowest BCUT2D eigenvalue weighted by atomic mass is 9.86. The largest absolute Gasteiger partial charge is 0.508 e. The van der Waals surface area contributed by atoms with Crippen LogP contribution in [-0.4, -0.2) is 12.2 Å². The summed E-state index contributed by atoms with van der Waals surface area (Å²) in [5, 5.41) is 9.61. The van der Waals surface area contributed by atoms with E-state index < -0.39 is 0 Å². The van der Waals surface area contributed by atoms with Crippen molar-refractivity contribution in [2.45, 2.75) is 25.3 Å².